The van der Waals surface area contributed by atoms with Gasteiger partial charge < -0.3 is 15.5 Å². The minimum atomic E-state index is -0.0116. The Morgan fingerprint density at radius 3 is 2.63 bits per heavy atom. The predicted molar refractivity (Wildman–Crippen MR) is 153 cm³/mol. The van der Waals surface area contributed by atoms with Crippen molar-refractivity contribution in [3.8, 4) is 10.6 Å². The molecule has 35 heavy (non-hydrogen) atoms. The summed E-state index contributed by atoms with van der Waals surface area (Å²) in [6.45, 7) is 6.12. The van der Waals surface area contributed by atoms with Gasteiger partial charge in [0.25, 0.3) is 5.91 Å². The molecule has 2 aliphatic rings. The number of nitrogens with one attached hydrogen (secondary N) is 2. The standard InChI is InChI=1S/C23H27ClN6OS.3ClH/c1-29-9-11-30(12-10-29)8-7-25-23-26-14-18(24)21(28-23)20-13-17-16(3-2-4-19(17)32-20)22(31)27-15-5-6-15;;;/h2-4,13-15H,5-12H2,1H3,(H,27,31)(H,25,26,28);3*1H. The number of halogens is 4. The lowest BCUT2D eigenvalue weighted by Crippen LogP contribution is -2.45. The van der Waals surface area contributed by atoms with Gasteiger partial charge in [0.1, 0.15) is 5.69 Å². The molecule has 7 nitrogen and oxygen atoms in total. The van der Waals surface area contributed by atoms with Crippen LogP contribution in [0.4, 0.5) is 5.95 Å². The SMILES string of the molecule is CN1CCN(CCNc2ncc(Cl)c(-c3cc4c(C(=O)NC5CC5)cccc4s3)n2)CC1.Cl.Cl.Cl. The van der Waals surface area contributed by atoms with Crippen LogP contribution in [0.5, 0.6) is 0 Å². The van der Waals surface area contributed by atoms with Crippen LogP contribution in [0.25, 0.3) is 20.7 Å². The van der Waals surface area contributed by atoms with E-state index in [9.17, 15) is 4.79 Å². The van der Waals surface area contributed by atoms with Crippen LogP contribution >= 0.6 is 60.2 Å². The number of rotatable bonds is 7. The number of fused-ring (bicyclic) bond motifs is 1. The molecule has 12 heteroatoms. The van der Waals surface area contributed by atoms with Crippen molar-refractivity contribution in [2.75, 3.05) is 51.6 Å². The zero-order valence-corrected chi connectivity index (χ0v) is 23.4. The number of benzene rings is 1. The summed E-state index contributed by atoms with van der Waals surface area (Å²) >= 11 is 8.06. The third-order valence-corrected chi connectivity index (χ3v) is 7.39. The first-order valence-electron chi connectivity index (χ1n) is 11.1. The molecule has 192 valence electrons. The average Bonchev–Trinajstić information content (AvgIpc) is 3.50. The number of thiophene rings is 1. The first-order chi connectivity index (χ1) is 15.6. The van der Waals surface area contributed by atoms with Crippen LogP contribution in [0.2, 0.25) is 5.02 Å². The fourth-order valence-corrected chi connectivity index (χ4v) is 5.23. The molecular weight excluding hydrogens is 550 g/mol. The Morgan fingerprint density at radius 2 is 1.91 bits per heavy atom. The first-order valence-corrected chi connectivity index (χ1v) is 12.3. The highest BCUT2D eigenvalue weighted by molar-refractivity contribution is 7.22. The topological polar surface area (TPSA) is 73.4 Å². The highest BCUT2D eigenvalue weighted by Crippen LogP contribution is 2.37. The molecule has 2 aromatic heterocycles. The van der Waals surface area contributed by atoms with Gasteiger partial charge in [0, 0.05) is 61.0 Å². The quantitative estimate of drug-likeness (QED) is 0.418. The molecule has 1 saturated heterocycles. The number of likely N-dealkylation sites (N-methyl/N-ethyl adjacent to an activating group) is 1. The lowest BCUT2D eigenvalue weighted by Gasteiger charge is -2.32. The second-order valence-electron chi connectivity index (χ2n) is 8.54. The molecule has 1 aliphatic carbocycles. The monoisotopic (exact) mass is 578 g/mol. The van der Waals surface area contributed by atoms with Crippen molar-refractivity contribution in [1.82, 2.24) is 25.1 Å². The second-order valence-corrected chi connectivity index (χ2v) is 10.0. The number of hydrogen-bond acceptors (Lipinski definition) is 7. The van der Waals surface area contributed by atoms with Crippen molar-refractivity contribution in [2.45, 2.75) is 18.9 Å². The Kier molecular flexibility index (Phi) is 11.3. The van der Waals surface area contributed by atoms with Gasteiger partial charge in [0.05, 0.1) is 16.1 Å². The summed E-state index contributed by atoms with van der Waals surface area (Å²) in [5, 5.41) is 7.86. The number of anilines is 1. The van der Waals surface area contributed by atoms with Crippen LogP contribution in [0, 0.1) is 0 Å². The molecule has 5 rings (SSSR count). The van der Waals surface area contributed by atoms with Gasteiger partial charge in [-0.2, -0.15) is 0 Å². The van der Waals surface area contributed by atoms with Gasteiger partial charge in [0.2, 0.25) is 5.95 Å². The Morgan fingerprint density at radius 1 is 1.17 bits per heavy atom. The highest BCUT2D eigenvalue weighted by atomic mass is 35.5. The van der Waals surface area contributed by atoms with E-state index in [-0.39, 0.29) is 43.1 Å². The largest absolute Gasteiger partial charge is 0.353 e. The van der Waals surface area contributed by atoms with Gasteiger partial charge in [-0.05, 0) is 38.1 Å². The lowest BCUT2D eigenvalue weighted by atomic mass is 10.1. The predicted octanol–water partition coefficient (Wildman–Crippen LogP) is 4.83. The maximum absolute atomic E-state index is 12.7. The van der Waals surface area contributed by atoms with Crippen LogP contribution in [-0.2, 0) is 0 Å². The molecule has 3 aromatic rings. The Labute approximate surface area is 233 Å². The average molecular weight is 580 g/mol. The maximum atomic E-state index is 12.7. The van der Waals surface area contributed by atoms with Crippen molar-refractivity contribution >= 4 is 82.1 Å². The fourth-order valence-electron chi connectivity index (χ4n) is 3.89. The zero-order valence-electron chi connectivity index (χ0n) is 19.3. The molecule has 0 unspecified atom stereocenters. The van der Waals surface area contributed by atoms with Gasteiger partial charge in [-0.25, -0.2) is 9.97 Å². The second kappa shape index (κ2) is 13.2. The van der Waals surface area contributed by atoms with Gasteiger partial charge in [0.15, 0.2) is 0 Å². The number of carbonyl (C=O) groups is 1. The number of piperazine rings is 1. The van der Waals surface area contributed by atoms with Crippen LogP contribution in [0.3, 0.4) is 0 Å². The smallest absolute Gasteiger partial charge is 0.252 e. The normalized spacial score (nSPS) is 16.1. The number of carbonyl (C=O) groups excluding carboxylic acids is 1. The Hall–Kier alpha value is -1.39. The van der Waals surface area contributed by atoms with E-state index >= 15 is 0 Å². The van der Waals surface area contributed by atoms with E-state index in [1.165, 1.54) is 0 Å². The van der Waals surface area contributed by atoms with Crippen molar-refractivity contribution in [3.63, 3.8) is 0 Å². The third kappa shape index (κ3) is 7.32. The zero-order chi connectivity index (χ0) is 22.1. The summed E-state index contributed by atoms with van der Waals surface area (Å²) < 4.78 is 1.04. The number of amides is 1. The highest BCUT2D eigenvalue weighted by Gasteiger charge is 2.25. The van der Waals surface area contributed by atoms with E-state index in [1.54, 1.807) is 17.5 Å². The summed E-state index contributed by atoms with van der Waals surface area (Å²) in [4.78, 5) is 27.5. The summed E-state index contributed by atoms with van der Waals surface area (Å²) in [5.74, 6) is 0.560. The molecule has 2 N–H and O–H groups in total. The molecule has 1 amide bonds. The minimum absolute atomic E-state index is 0. The number of nitrogens with zero attached hydrogens (tertiary/aromatic N) is 4. The molecule has 0 bridgehead atoms. The van der Waals surface area contributed by atoms with E-state index in [4.69, 9.17) is 16.6 Å². The molecule has 0 atom stereocenters. The van der Waals surface area contributed by atoms with E-state index in [2.05, 4.69) is 32.5 Å². The van der Waals surface area contributed by atoms with Gasteiger partial charge in [-0.3, -0.25) is 9.69 Å². The molecule has 1 aromatic carbocycles. The molecule has 2 fully saturated rings. The number of aromatic nitrogens is 2. The molecule has 0 radical (unpaired) electrons. The van der Waals surface area contributed by atoms with Crippen molar-refractivity contribution < 1.29 is 4.79 Å². The summed E-state index contributed by atoms with van der Waals surface area (Å²) in [5.41, 5.74) is 1.39. The van der Waals surface area contributed by atoms with Crippen LogP contribution in [0.1, 0.15) is 23.2 Å². The van der Waals surface area contributed by atoms with Crippen molar-refractivity contribution in [1.29, 1.82) is 0 Å². The number of hydrogen-bond donors (Lipinski definition) is 2. The van der Waals surface area contributed by atoms with Gasteiger partial charge >= 0.3 is 0 Å². The van der Waals surface area contributed by atoms with E-state index in [0.717, 1.165) is 67.1 Å². The Balaban J connectivity index is 0.00000144. The van der Waals surface area contributed by atoms with Gasteiger partial charge in [-0.1, -0.05) is 17.7 Å². The Bertz CT molecular complexity index is 1130. The van der Waals surface area contributed by atoms with Crippen LogP contribution in [-0.4, -0.2) is 78.0 Å². The first kappa shape index (κ1) is 29.8. The fraction of sp³-hybridized carbons (Fsp3) is 0.435. The molecule has 1 aliphatic heterocycles. The lowest BCUT2D eigenvalue weighted by molar-refractivity contribution is 0.0953. The third-order valence-electron chi connectivity index (χ3n) is 6.00. The summed E-state index contributed by atoms with van der Waals surface area (Å²) in [6, 6.07) is 8.18. The molecule has 0 spiro atoms. The summed E-state index contributed by atoms with van der Waals surface area (Å²) in [6.07, 6.45) is 3.78. The van der Waals surface area contributed by atoms with Crippen molar-refractivity contribution in [3.05, 3.63) is 41.0 Å². The molecular formula is C23H30Cl4N6OS. The van der Waals surface area contributed by atoms with Crippen molar-refractivity contribution in [2.24, 2.45) is 0 Å². The van der Waals surface area contributed by atoms with E-state index < -0.39 is 0 Å². The molecule has 1 saturated carbocycles. The van der Waals surface area contributed by atoms with Crippen LogP contribution in [0.15, 0.2) is 30.5 Å². The molecule has 3 heterocycles. The minimum Gasteiger partial charge on any atom is -0.353 e. The van der Waals surface area contributed by atoms with Gasteiger partial charge in [-0.15, -0.1) is 48.6 Å². The van der Waals surface area contributed by atoms with Crippen LogP contribution < -0.4 is 10.6 Å². The van der Waals surface area contributed by atoms with E-state index in [1.807, 2.05) is 24.3 Å². The summed E-state index contributed by atoms with van der Waals surface area (Å²) in [7, 11) is 2.16. The van der Waals surface area contributed by atoms with E-state index in [0.29, 0.717) is 28.3 Å². The maximum Gasteiger partial charge on any atom is 0.252 e.